The Morgan fingerprint density at radius 3 is 2.69 bits per heavy atom. The van der Waals surface area contributed by atoms with Crippen molar-refractivity contribution in [2.24, 2.45) is 7.05 Å². The number of aryl methyl sites for hydroxylation is 3. The molecule has 0 saturated heterocycles. The molecule has 0 saturated carbocycles. The molecule has 2 heterocycles. The number of nitrogens with zero attached hydrogens (tertiary/aromatic N) is 3. The lowest BCUT2D eigenvalue weighted by molar-refractivity contribution is -0.115. The fourth-order valence-electron chi connectivity index (χ4n) is 5.05. The first-order chi connectivity index (χ1) is 17.3. The van der Waals surface area contributed by atoms with Crippen LogP contribution in [-0.4, -0.2) is 32.0 Å². The van der Waals surface area contributed by atoms with Gasteiger partial charge in [0.25, 0.3) is 0 Å². The first kappa shape index (κ1) is 24.3. The number of fused-ring (bicyclic) bond motifs is 2. The number of nitrogens with one attached hydrogen (secondary N) is 1. The lowest BCUT2D eigenvalue weighted by atomic mass is 9.68. The SMILES string of the molecule is CCSc1ccc(CC(=O)Nc2cc(C)c3c(n2)CCC(C)(c2ccc4c(c2)ncn4C)C3=O)cc1. The van der Waals surface area contributed by atoms with Gasteiger partial charge in [-0.2, -0.15) is 0 Å². The van der Waals surface area contributed by atoms with Gasteiger partial charge >= 0.3 is 0 Å². The lowest BCUT2D eigenvalue weighted by Gasteiger charge is -2.34. The quantitative estimate of drug-likeness (QED) is 0.347. The molecular formula is C29H30N4O2S. The molecule has 184 valence electrons. The van der Waals surface area contributed by atoms with E-state index in [4.69, 9.17) is 0 Å². The molecular weight excluding hydrogens is 468 g/mol. The zero-order valence-corrected chi connectivity index (χ0v) is 21.9. The van der Waals surface area contributed by atoms with E-state index in [0.29, 0.717) is 24.2 Å². The van der Waals surface area contributed by atoms with Crippen LogP contribution in [-0.2, 0) is 30.1 Å². The molecule has 1 aliphatic rings. The predicted octanol–water partition coefficient (Wildman–Crippen LogP) is 5.66. The summed E-state index contributed by atoms with van der Waals surface area (Å²) in [5.74, 6) is 1.48. The number of anilines is 1. The third-order valence-electron chi connectivity index (χ3n) is 7.11. The highest BCUT2D eigenvalue weighted by Crippen LogP contribution is 2.40. The van der Waals surface area contributed by atoms with Crippen LogP contribution in [0, 0.1) is 6.92 Å². The van der Waals surface area contributed by atoms with Crippen LogP contribution >= 0.6 is 11.8 Å². The minimum absolute atomic E-state index is 0.0759. The highest BCUT2D eigenvalue weighted by atomic mass is 32.2. The number of rotatable bonds is 6. The molecule has 2 aromatic carbocycles. The molecule has 7 heteroatoms. The molecule has 0 aliphatic heterocycles. The van der Waals surface area contributed by atoms with Crippen LogP contribution in [0.2, 0.25) is 0 Å². The van der Waals surface area contributed by atoms with Crippen LogP contribution in [0.25, 0.3) is 11.0 Å². The van der Waals surface area contributed by atoms with Gasteiger partial charge in [-0.3, -0.25) is 9.59 Å². The van der Waals surface area contributed by atoms with E-state index in [0.717, 1.165) is 39.2 Å². The summed E-state index contributed by atoms with van der Waals surface area (Å²) >= 11 is 1.78. The second-order valence-corrected chi connectivity index (χ2v) is 11.0. The van der Waals surface area contributed by atoms with Gasteiger partial charge in [-0.05, 0) is 79.5 Å². The number of hydrogen-bond acceptors (Lipinski definition) is 5. The van der Waals surface area contributed by atoms with Gasteiger partial charge in [-0.15, -0.1) is 11.8 Å². The van der Waals surface area contributed by atoms with Crippen molar-refractivity contribution in [1.82, 2.24) is 14.5 Å². The Labute approximate surface area is 215 Å². The molecule has 2 aromatic heterocycles. The maximum atomic E-state index is 13.8. The molecule has 0 fully saturated rings. The van der Waals surface area contributed by atoms with E-state index in [1.54, 1.807) is 18.1 Å². The van der Waals surface area contributed by atoms with Gasteiger partial charge in [0.2, 0.25) is 5.91 Å². The molecule has 6 nitrogen and oxygen atoms in total. The van der Waals surface area contributed by atoms with E-state index in [1.165, 1.54) is 4.90 Å². The van der Waals surface area contributed by atoms with Gasteiger partial charge in [-0.25, -0.2) is 9.97 Å². The zero-order valence-electron chi connectivity index (χ0n) is 21.1. The van der Waals surface area contributed by atoms with Gasteiger partial charge in [0.1, 0.15) is 5.82 Å². The molecule has 4 aromatic rings. The molecule has 36 heavy (non-hydrogen) atoms. The highest BCUT2D eigenvalue weighted by molar-refractivity contribution is 7.99. The Hall–Kier alpha value is -3.45. The van der Waals surface area contributed by atoms with E-state index in [9.17, 15) is 9.59 Å². The summed E-state index contributed by atoms with van der Waals surface area (Å²) in [6, 6.07) is 16.0. The van der Waals surface area contributed by atoms with Gasteiger partial charge in [0.15, 0.2) is 5.78 Å². The van der Waals surface area contributed by atoms with E-state index in [1.807, 2.05) is 74.0 Å². The number of ketones is 1. The van der Waals surface area contributed by atoms with Crippen molar-refractivity contribution in [3.63, 3.8) is 0 Å². The normalized spacial score (nSPS) is 17.3. The van der Waals surface area contributed by atoms with Crippen molar-refractivity contribution < 1.29 is 9.59 Å². The van der Waals surface area contributed by atoms with Crippen molar-refractivity contribution in [1.29, 1.82) is 0 Å². The monoisotopic (exact) mass is 498 g/mol. The zero-order chi connectivity index (χ0) is 25.4. The maximum absolute atomic E-state index is 13.8. The molecule has 5 rings (SSSR count). The average molecular weight is 499 g/mol. The van der Waals surface area contributed by atoms with Gasteiger partial charge < -0.3 is 9.88 Å². The third kappa shape index (κ3) is 4.44. The minimum atomic E-state index is -0.641. The molecule has 1 aliphatic carbocycles. The van der Waals surface area contributed by atoms with Gasteiger partial charge in [0.05, 0.1) is 34.9 Å². The van der Waals surface area contributed by atoms with Crippen molar-refractivity contribution >= 4 is 40.3 Å². The second-order valence-electron chi connectivity index (χ2n) is 9.67. The number of imidazole rings is 1. The number of hydrogen-bond donors (Lipinski definition) is 1. The maximum Gasteiger partial charge on any atom is 0.229 e. The minimum Gasteiger partial charge on any atom is -0.334 e. The van der Waals surface area contributed by atoms with Crippen LogP contribution in [0.15, 0.2) is 59.8 Å². The van der Waals surface area contributed by atoms with Crippen LogP contribution in [0.3, 0.4) is 0 Å². The standard InChI is InChI=1S/C29H30N4O2S/c1-5-36-21-9-6-19(7-10-21)15-26(34)32-25-14-18(2)27-22(31-25)12-13-29(3,28(27)35)20-8-11-24-23(16-20)30-17-33(24)4/h6-11,14,16-17H,5,12-13,15H2,1-4H3,(H,31,32,34). The highest BCUT2D eigenvalue weighted by Gasteiger charge is 2.41. The smallest absolute Gasteiger partial charge is 0.229 e. The largest absolute Gasteiger partial charge is 0.334 e. The number of aromatic nitrogens is 3. The number of carbonyl (C=O) groups is 2. The third-order valence-corrected chi connectivity index (χ3v) is 8.00. The van der Waals surface area contributed by atoms with Crippen molar-refractivity contribution in [2.45, 2.75) is 50.3 Å². The van der Waals surface area contributed by atoms with Crippen LogP contribution in [0.1, 0.15) is 53.0 Å². The Bertz CT molecular complexity index is 1470. The summed E-state index contributed by atoms with van der Waals surface area (Å²) < 4.78 is 1.98. The van der Waals surface area contributed by atoms with Crippen molar-refractivity contribution in [3.8, 4) is 0 Å². The number of benzene rings is 2. The van der Waals surface area contributed by atoms with Crippen LogP contribution in [0.4, 0.5) is 5.82 Å². The summed E-state index contributed by atoms with van der Waals surface area (Å²) in [5.41, 5.74) is 5.49. The molecule has 0 radical (unpaired) electrons. The number of thioether (sulfide) groups is 1. The molecule has 1 amide bonds. The van der Waals surface area contributed by atoms with Crippen molar-refractivity contribution in [3.05, 3.63) is 82.8 Å². The average Bonchev–Trinajstić information content (AvgIpc) is 3.23. The molecule has 1 N–H and O–H groups in total. The summed E-state index contributed by atoms with van der Waals surface area (Å²) in [5, 5.41) is 2.93. The summed E-state index contributed by atoms with van der Waals surface area (Å²) in [6.45, 7) is 6.06. The van der Waals surface area contributed by atoms with E-state index in [2.05, 4.69) is 22.2 Å². The lowest BCUT2D eigenvalue weighted by Crippen LogP contribution is -2.38. The summed E-state index contributed by atoms with van der Waals surface area (Å²) in [7, 11) is 1.96. The molecule has 0 bridgehead atoms. The molecule has 1 unspecified atom stereocenters. The predicted molar refractivity (Wildman–Crippen MR) is 145 cm³/mol. The Morgan fingerprint density at radius 1 is 1.17 bits per heavy atom. The number of carbonyl (C=O) groups excluding carboxylic acids is 2. The van der Waals surface area contributed by atoms with E-state index >= 15 is 0 Å². The number of pyridine rings is 1. The van der Waals surface area contributed by atoms with E-state index in [-0.39, 0.29) is 18.1 Å². The summed E-state index contributed by atoms with van der Waals surface area (Å²) in [6.07, 6.45) is 3.39. The molecule has 0 spiro atoms. The first-order valence-electron chi connectivity index (χ1n) is 12.3. The van der Waals surface area contributed by atoms with Crippen LogP contribution in [0.5, 0.6) is 0 Å². The molecule has 1 atom stereocenters. The Morgan fingerprint density at radius 2 is 1.94 bits per heavy atom. The first-order valence-corrected chi connectivity index (χ1v) is 13.3. The van der Waals surface area contributed by atoms with Gasteiger partial charge in [0, 0.05) is 17.5 Å². The van der Waals surface area contributed by atoms with Gasteiger partial charge in [-0.1, -0.05) is 25.1 Å². The fraction of sp³-hybridized carbons (Fsp3) is 0.310. The fourth-order valence-corrected chi connectivity index (χ4v) is 5.71. The van der Waals surface area contributed by atoms with Crippen molar-refractivity contribution in [2.75, 3.05) is 11.1 Å². The number of Topliss-reactive ketones (excluding diaryl/α,β-unsaturated/α-hetero) is 1. The second kappa shape index (κ2) is 9.54. The number of amides is 1. The topological polar surface area (TPSA) is 76.9 Å². The summed E-state index contributed by atoms with van der Waals surface area (Å²) in [4.78, 5) is 36.9. The van der Waals surface area contributed by atoms with E-state index < -0.39 is 5.41 Å². The Kier molecular flexibility index (Phi) is 6.43. The Balaban J connectivity index is 1.35. The van der Waals surface area contributed by atoms with Crippen LogP contribution < -0.4 is 5.32 Å².